The zero-order chi connectivity index (χ0) is 18.7. The molecule has 1 unspecified atom stereocenters. The van der Waals surface area contributed by atoms with Crippen LogP contribution in [0.25, 0.3) is 0 Å². The molecule has 2 aromatic carbocycles. The average molecular weight is 378 g/mol. The summed E-state index contributed by atoms with van der Waals surface area (Å²) in [7, 11) is 0. The largest absolute Gasteiger partial charge is 0.507 e. The highest BCUT2D eigenvalue weighted by molar-refractivity contribution is 6.31. The topological polar surface area (TPSA) is 94.1 Å². The zero-order valence-corrected chi connectivity index (χ0v) is 14.6. The standard InChI is InChI=1S/C18H16ClNO6/c1-10(26-18(23)13-8-11(19)2-4-14(13)21)17(22)20-12-3-5-15-16(9-12)25-7-6-24-15/h2-5,8-10,21H,6-7H2,1H3,(H,20,22). The van der Waals surface area contributed by atoms with E-state index in [-0.39, 0.29) is 16.3 Å². The molecule has 0 fully saturated rings. The van der Waals surface area contributed by atoms with Gasteiger partial charge in [0.25, 0.3) is 5.91 Å². The van der Waals surface area contributed by atoms with Crippen molar-refractivity contribution in [3.05, 3.63) is 47.0 Å². The molecule has 1 amide bonds. The van der Waals surface area contributed by atoms with Gasteiger partial charge in [-0.3, -0.25) is 4.79 Å². The van der Waals surface area contributed by atoms with E-state index >= 15 is 0 Å². The number of hydrogen-bond acceptors (Lipinski definition) is 6. The number of rotatable bonds is 4. The van der Waals surface area contributed by atoms with Crippen molar-refractivity contribution in [2.45, 2.75) is 13.0 Å². The van der Waals surface area contributed by atoms with Crippen LogP contribution < -0.4 is 14.8 Å². The third kappa shape index (κ3) is 4.00. The highest BCUT2D eigenvalue weighted by atomic mass is 35.5. The smallest absolute Gasteiger partial charge is 0.342 e. The van der Waals surface area contributed by atoms with Crippen molar-refractivity contribution in [2.75, 3.05) is 18.5 Å². The van der Waals surface area contributed by atoms with E-state index < -0.39 is 18.0 Å². The Morgan fingerprint density at radius 2 is 1.88 bits per heavy atom. The molecule has 136 valence electrons. The molecule has 0 spiro atoms. The number of benzene rings is 2. The molecule has 7 nitrogen and oxygen atoms in total. The van der Waals surface area contributed by atoms with E-state index in [0.29, 0.717) is 30.4 Å². The maximum Gasteiger partial charge on any atom is 0.342 e. The van der Waals surface area contributed by atoms with Crippen molar-refractivity contribution in [3.63, 3.8) is 0 Å². The number of esters is 1. The van der Waals surface area contributed by atoms with Gasteiger partial charge in [-0.15, -0.1) is 0 Å². The molecular weight excluding hydrogens is 362 g/mol. The van der Waals surface area contributed by atoms with Crippen molar-refractivity contribution in [1.29, 1.82) is 0 Å². The maximum atomic E-state index is 12.3. The summed E-state index contributed by atoms with van der Waals surface area (Å²) in [5.74, 6) is -0.530. The van der Waals surface area contributed by atoms with Crippen LogP contribution in [-0.2, 0) is 9.53 Å². The number of hydrogen-bond donors (Lipinski definition) is 2. The lowest BCUT2D eigenvalue weighted by Crippen LogP contribution is -2.30. The Kier molecular flexibility index (Phi) is 5.18. The lowest BCUT2D eigenvalue weighted by molar-refractivity contribution is -0.123. The van der Waals surface area contributed by atoms with E-state index in [2.05, 4.69) is 5.32 Å². The second-order valence-electron chi connectivity index (χ2n) is 5.56. The highest BCUT2D eigenvalue weighted by Crippen LogP contribution is 2.32. The first-order valence-electron chi connectivity index (χ1n) is 7.84. The Morgan fingerprint density at radius 3 is 2.65 bits per heavy atom. The molecule has 0 aromatic heterocycles. The molecule has 8 heteroatoms. The van der Waals surface area contributed by atoms with E-state index in [1.807, 2.05) is 0 Å². The maximum absolute atomic E-state index is 12.3. The number of fused-ring (bicyclic) bond motifs is 1. The number of anilines is 1. The van der Waals surface area contributed by atoms with Crippen molar-refractivity contribution >= 4 is 29.2 Å². The summed E-state index contributed by atoms with van der Waals surface area (Å²) in [6, 6.07) is 8.95. The number of nitrogens with one attached hydrogen (secondary N) is 1. The van der Waals surface area contributed by atoms with Crippen LogP contribution in [-0.4, -0.2) is 36.3 Å². The first-order chi connectivity index (χ1) is 12.4. The normalized spacial score (nSPS) is 13.6. The molecule has 26 heavy (non-hydrogen) atoms. The van der Waals surface area contributed by atoms with Crippen LogP contribution in [0.4, 0.5) is 5.69 Å². The van der Waals surface area contributed by atoms with Gasteiger partial charge in [0.1, 0.15) is 24.5 Å². The first kappa shape index (κ1) is 17.9. The number of halogens is 1. The Labute approximate surface area is 154 Å². The lowest BCUT2D eigenvalue weighted by atomic mass is 10.2. The molecule has 1 aliphatic heterocycles. The number of aromatic hydroxyl groups is 1. The summed E-state index contributed by atoms with van der Waals surface area (Å²) < 4.78 is 16.0. The van der Waals surface area contributed by atoms with Crippen LogP contribution in [0.1, 0.15) is 17.3 Å². The minimum atomic E-state index is -1.09. The zero-order valence-electron chi connectivity index (χ0n) is 13.8. The fourth-order valence-corrected chi connectivity index (χ4v) is 2.49. The second kappa shape index (κ2) is 7.53. The summed E-state index contributed by atoms with van der Waals surface area (Å²) in [6.45, 7) is 2.33. The van der Waals surface area contributed by atoms with Crippen molar-refractivity contribution in [3.8, 4) is 17.2 Å². The minimum Gasteiger partial charge on any atom is -0.507 e. The van der Waals surface area contributed by atoms with Crippen molar-refractivity contribution in [2.24, 2.45) is 0 Å². The highest BCUT2D eigenvalue weighted by Gasteiger charge is 2.22. The molecule has 0 bridgehead atoms. The van der Waals surface area contributed by atoms with E-state index in [1.165, 1.54) is 25.1 Å². The van der Waals surface area contributed by atoms with E-state index in [1.54, 1.807) is 18.2 Å². The number of carbonyl (C=O) groups excluding carboxylic acids is 2. The van der Waals surface area contributed by atoms with Gasteiger partial charge in [0, 0.05) is 16.8 Å². The summed E-state index contributed by atoms with van der Waals surface area (Å²) in [5, 5.41) is 12.6. The van der Waals surface area contributed by atoms with Gasteiger partial charge in [-0.2, -0.15) is 0 Å². The van der Waals surface area contributed by atoms with Crippen LogP contribution >= 0.6 is 11.6 Å². The molecular formula is C18H16ClNO6. The fourth-order valence-electron chi connectivity index (χ4n) is 2.31. The molecule has 1 heterocycles. The third-order valence-electron chi connectivity index (χ3n) is 3.64. The number of phenols is 1. The Bertz CT molecular complexity index is 854. The van der Waals surface area contributed by atoms with Crippen LogP contribution in [0.5, 0.6) is 17.2 Å². The van der Waals surface area contributed by atoms with Crippen LogP contribution in [0, 0.1) is 0 Å². The molecule has 2 aromatic rings. The van der Waals surface area contributed by atoms with E-state index in [4.69, 9.17) is 25.8 Å². The molecule has 0 saturated heterocycles. The Hall–Kier alpha value is -2.93. The fraction of sp³-hybridized carbons (Fsp3) is 0.222. The van der Waals surface area contributed by atoms with Gasteiger partial charge in [-0.1, -0.05) is 11.6 Å². The number of ether oxygens (including phenoxy) is 3. The summed E-state index contributed by atoms with van der Waals surface area (Å²) >= 11 is 5.81. The van der Waals surface area contributed by atoms with Gasteiger partial charge < -0.3 is 24.6 Å². The predicted molar refractivity (Wildman–Crippen MR) is 94.1 cm³/mol. The lowest BCUT2D eigenvalue weighted by Gasteiger charge is -2.19. The summed E-state index contributed by atoms with van der Waals surface area (Å²) in [5.41, 5.74) is 0.365. The van der Waals surface area contributed by atoms with E-state index in [9.17, 15) is 14.7 Å². The number of amides is 1. The summed E-state index contributed by atoms with van der Waals surface area (Å²) in [6.07, 6.45) is -1.09. The molecule has 0 aliphatic carbocycles. The van der Waals surface area contributed by atoms with Gasteiger partial charge in [0.05, 0.1) is 0 Å². The molecule has 1 aliphatic rings. The molecule has 0 radical (unpaired) electrons. The molecule has 1 atom stereocenters. The molecule has 2 N–H and O–H groups in total. The van der Waals surface area contributed by atoms with Crippen molar-refractivity contribution in [1.82, 2.24) is 0 Å². The van der Waals surface area contributed by atoms with E-state index in [0.717, 1.165) is 0 Å². The van der Waals surface area contributed by atoms with Gasteiger partial charge in [0.15, 0.2) is 17.6 Å². The average Bonchev–Trinajstić information content (AvgIpc) is 2.63. The second-order valence-corrected chi connectivity index (χ2v) is 5.99. The van der Waals surface area contributed by atoms with Gasteiger partial charge >= 0.3 is 5.97 Å². The monoisotopic (exact) mass is 377 g/mol. The third-order valence-corrected chi connectivity index (χ3v) is 3.88. The van der Waals surface area contributed by atoms with Gasteiger partial charge in [0.2, 0.25) is 0 Å². The Morgan fingerprint density at radius 1 is 1.15 bits per heavy atom. The van der Waals surface area contributed by atoms with Crippen LogP contribution in [0.3, 0.4) is 0 Å². The molecule has 3 rings (SSSR count). The quantitative estimate of drug-likeness (QED) is 0.795. The molecule has 0 saturated carbocycles. The summed E-state index contributed by atoms with van der Waals surface area (Å²) in [4.78, 5) is 24.4. The van der Waals surface area contributed by atoms with Gasteiger partial charge in [-0.25, -0.2) is 4.79 Å². The number of phenolic OH excluding ortho intramolecular Hbond substituents is 1. The van der Waals surface area contributed by atoms with Crippen molar-refractivity contribution < 1.29 is 28.9 Å². The van der Waals surface area contributed by atoms with Crippen LogP contribution in [0.15, 0.2) is 36.4 Å². The predicted octanol–water partition coefficient (Wildman–Crippen LogP) is 3.00. The first-order valence-corrected chi connectivity index (χ1v) is 8.22. The minimum absolute atomic E-state index is 0.114. The SMILES string of the molecule is CC(OC(=O)c1cc(Cl)ccc1O)C(=O)Nc1ccc2c(c1)OCCO2. The number of carbonyl (C=O) groups is 2. The van der Waals surface area contributed by atoms with Crippen LogP contribution in [0.2, 0.25) is 5.02 Å². The Balaban J connectivity index is 1.64. The van der Waals surface area contributed by atoms with Gasteiger partial charge in [-0.05, 0) is 37.3 Å².